The fourth-order valence-corrected chi connectivity index (χ4v) is 3.62. The topological polar surface area (TPSA) is 95.2 Å². The molecule has 1 aromatic carbocycles. The summed E-state index contributed by atoms with van der Waals surface area (Å²) in [6, 6.07) is 7.60. The van der Waals surface area contributed by atoms with E-state index in [-0.39, 0.29) is 18.6 Å². The average molecular weight is 342 g/mol. The minimum atomic E-state index is -1.36. The Morgan fingerprint density at radius 3 is 2.72 bits per heavy atom. The van der Waals surface area contributed by atoms with E-state index in [0.29, 0.717) is 11.3 Å². The van der Waals surface area contributed by atoms with Crippen LogP contribution in [0.2, 0.25) is 0 Å². The molecule has 1 aliphatic carbocycles. The van der Waals surface area contributed by atoms with Gasteiger partial charge >= 0.3 is 5.97 Å². The highest BCUT2D eigenvalue weighted by Gasteiger charge is 2.51. The van der Waals surface area contributed by atoms with Gasteiger partial charge in [0, 0.05) is 23.6 Å². The third kappa shape index (κ3) is 3.05. The van der Waals surface area contributed by atoms with Gasteiger partial charge in [0.2, 0.25) is 0 Å². The molecule has 1 heterocycles. The predicted octanol–water partition coefficient (Wildman–Crippen LogP) is 1.80. The van der Waals surface area contributed by atoms with Gasteiger partial charge in [-0.3, -0.25) is 14.7 Å². The van der Waals surface area contributed by atoms with Gasteiger partial charge in [-0.15, -0.1) is 0 Å². The molecule has 3 unspecified atom stereocenters. The summed E-state index contributed by atoms with van der Waals surface area (Å²) in [6.45, 7) is 7.16. The van der Waals surface area contributed by atoms with Crippen molar-refractivity contribution in [3.63, 3.8) is 0 Å². The first-order valence-corrected chi connectivity index (χ1v) is 8.21. The van der Waals surface area contributed by atoms with E-state index in [1.54, 1.807) is 6.92 Å². The molecule has 3 atom stereocenters. The highest BCUT2D eigenvalue weighted by atomic mass is 16.5. The monoisotopic (exact) mass is 342 g/mol. The van der Waals surface area contributed by atoms with Crippen LogP contribution in [0.1, 0.15) is 35.2 Å². The zero-order valence-electron chi connectivity index (χ0n) is 14.3. The second-order valence-corrected chi connectivity index (χ2v) is 6.79. The SMILES string of the molecule is C=CCOC(=O)C1C(c2ccc(C)cc2)c2c([nH][nH]c2=O)CC1(C)O. The minimum Gasteiger partial charge on any atom is -0.461 e. The maximum absolute atomic E-state index is 12.7. The molecule has 3 N–H and O–H groups in total. The van der Waals surface area contributed by atoms with Gasteiger partial charge in [0.25, 0.3) is 5.56 Å². The number of rotatable bonds is 4. The van der Waals surface area contributed by atoms with Crippen molar-refractivity contribution >= 4 is 5.97 Å². The number of aliphatic hydroxyl groups is 1. The van der Waals surface area contributed by atoms with E-state index in [1.165, 1.54) is 6.08 Å². The zero-order chi connectivity index (χ0) is 18.2. The molecule has 0 fully saturated rings. The molecule has 1 aliphatic rings. The van der Waals surface area contributed by atoms with Crippen LogP contribution < -0.4 is 5.56 Å². The number of fused-ring (bicyclic) bond motifs is 1. The molecule has 25 heavy (non-hydrogen) atoms. The van der Waals surface area contributed by atoms with Crippen molar-refractivity contribution in [2.24, 2.45) is 5.92 Å². The van der Waals surface area contributed by atoms with Gasteiger partial charge in [0.05, 0.1) is 11.5 Å². The van der Waals surface area contributed by atoms with E-state index in [1.807, 2.05) is 31.2 Å². The van der Waals surface area contributed by atoms with Crippen LogP contribution in [0.4, 0.5) is 0 Å². The Morgan fingerprint density at radius 2 is 2.08 bits per heavy atom. The summed E-state index contributed by atoms with van der Waals surface area (Å²) in [7, 11) is 0. The van der Waals surface area contributed by atoms with E-state index in [4.69, 9.17) is 4.74 Å². The number of hydrogen-bond acceptors (Lipinski definition) is 4. The maximum atomic E-state index is 12.7. The molecular formula is C19H22N2O4. The van der Waals surface area contributed by atoms with Crippen LogP contribution in [0.15, 0.2) is 41.7 Å². The zero-order valence-corrected chi connectivity index (χ0v) is 14.3. The number of nitrogens with one attached hydrogen (secondary N) is 2. The van der Waals surface area contributed by atoms with Crippen molar-refractivity contribution in [2.75, 3.05) is 6.61 Å². The van der Waals surface area contributed by atoms with E-state index >= 15 is 0 Å². The van der Waals surface area contributed by atoms with Crippen LogP contribution in [0.3, 0.4) is 0 Å². The summed E-state index contributed by atoms with van der Waals surface area (Å²) in [6.07, 6.45) is 1.64. The van der Waals surface area contributed by atoms with Crippen LogP contribution in [0, 0.1) is 12.8 Å². The van der Waals surface area contributed by atoms with Gasteiger partial charge in [0.1, 0.15) is 6.61 Å². The summed E-state index contributed by atoms with van der Waals surface area (Å²) >= 11 is 0. The van der Waals surface area contributed by atoms with Gasteiger partial charge < -0.3 is 14.9 Å². The lowest BCUT2D eigenvalue weighted by Crippen LogP contribution is -2.50. The van der Waals surface area contributed by atoms with Crippen molar-refractivity contribution in [2.45, 2.75) is 31.8 Å². The average Bonchev–Trinajstić information content (AvgIpc) is 2.91. The summed E-state index contributed by atoms with van der Waals surface area (Å²) in [5, 5.41) is 16.4. The number of H-pyrrole nitrogens is 2. The number of carbonyl (C=O) groups is 1. The largest absolute Gasteiger partial charge is 0.461 e. The molecule has 1 aromatic heterocycles. The Hall–Kier alpha value is -2.60. The summed E-state index contributed by atoms with van der Waals surface area (Å²) in [4.78, 5) is 25.1. The number of esters is 1. The van der Waals surface area contributed by atoms with E-state index in [9.17, 15) is 14.7 Å². The number of aryl methyl sites for hydroxylation is 1. The summed E-state index contributed by atoms with van der Waals surface area (Å²) in [5.74, 6) is -2.02. The summed E-state index contributed by atoms with van der Waals surface area (Å²) in [5.41, 5.74) is 1.33. The van der Waals surface area contributed by atoms with Gasteiger partial charge in [0.15, 0.2) is 0 Å². The molecule has 3 rings (SSSR count). The number of ether oxygens (including phenoxy) is 1. The van der Waals surface area contributed by atoms with Gasteiger partial charge in [-0.05, 0) is 19.4 Å². The van der Waals surface area contributed by atoms with Crippen molar-refractivity contribution in [1.29, 1.82) is 0 Å². The van der Waals surface area contributed by atoms with Crippen molar-refractivity contribution in [3.8, 4) is 0 Å². The van der Waals surface area contributed by atoms with Gasteiger partial charge in [-0.2, -0.15) is 0 Å². The number of aromatic amines is 2. The van der Waals surface area contributed by atoms with E-state index < -0.39 is 23.4 Å². The predicted molar refractivity (Wildman–Crippen MR) is 93.4 cm³/mol. The highest BCUT2D eigenvalue weighted by molar-refractivity contribution is 5.77. The van der Waals surface area contributed by atoms with Crippen LogP contribution in [0.25, 0.3) is 0 Å². The first-order chi connectivity index (χ1) is 11.8. The highest BCUT2D eigenvalue weighted by Crippen LogP contribution is 2.44. The fourth-order valence-electron chi connectivity index (χ4n) is 3.62. The van der Waals surface area contributed by atoms with Crippen LogP contribution in [-0.4, -0.2) is 33.5 Å². The maximum Gasteiger partial charge on any atom is 0.313 e. The smallest absolute Gasteiger partial charge is 0.313 e. The number of carbonyl (C=O) groups excluding carboxylic acids is 1. The minimum absolute atomic E-state index is 0.0579. The standard InChI is InChI=1S/C19H22N2O4/c1-4-9-25-18(23)16-14(12-7-5-11(2)6-8-12)15-13(10-19(16,3)24)20-21-17(15)22/h4-8,14,16,24H,1,9-10H2,2-3H3,(H2,20,21,22). The fraction of sp³-hybridized carbons (Fsp3) is 0.368. The van der Waals surface area contributed by atoms with Gasteiger partial charge in [-0.1, -0.05) is 42.5 Å². The third-order valence-electron chi connectivity index (χ3n) is 4.78. The van der Waals surface area contributed by atoms with E-state index in [2.05, 4.69) is 16.8 Å². The van der Waals surface area contributed by atoms with Crippen molar-refractivity contribution in [1.82, 2.24) is 10.2 Å². The van der Waals surface area contributed by atoms with Crippen molar-refractivity contribution in [3.05, 3.63) is 69.7 Å². The molecule has 2 aromatic rings. The quantitative estimate of drug-likeness (QED) is 0.583. The second-order valence-electron chi connectivity index (χ2n) is 6.79. The molecule has 0 saturated carbocycles. The Labute approximate surface area is 145 Å². The number of hydrogen-bond donors (Lipinski definition) is 3. The van der Waals surface area contributed by atoms with Crippen LogP contribution >= 0.6 is 0 Å². The molecular weight excluding hydrogens is 320 g/mol. The molecule has 0 saturated heterocycles. The second kappa shape index (κ2) is 6.37. The van der Waals surface area contributed by atoms with Crippen LogP contribution in [0.5, 0.6) is 0 Å². The Morgan fingerprint density at radius 1 is 1.40 bits per heavy atom. The first-order valence-electron chi connectivity index (χ1n) is 8.21. The lowest BCUT2D eigenvalue weighted by atomic mass is 9.66. The molecule has 0 aliphatic heterocycles. The normalized spacial score (nSPS) is 25.2. The third-order valence-corrected chi connectivity index (χ3v) is 4.78. The Kier molecular flexibility index (Phi) is 4.39. The lowest BCUT2D eigenvalue weighted by Gasteiger charge is -2.40. The number of benzene rings is 1. The molecule has 6 nitrogen and oxygen atoms in total. The Balaban J connectivity index is 2.16. The Bertz CT molecular complexity index is 845. The molecule has 0 radical (unpaired) electrons. The molecule has 132 valence electrons. The molecule has 0 spiro atoms. The molecule has 0 amide bonds. The molecule has 6 heteroatoms. The molecule has 0 bridgehead atoms. The lowest BCUT2D eigenvalue weighted by molar-refractivity contribution is -0.158. The van der Waals surface area contributed by atoms with Crippen LogP contribution in [-0.2, 0) is 16.0 Å². The number of aromatic nitrogens is 2. The summed E-state index contributed by atoms with van der Waals surface area (Å²) < 4.78 is 5.23. The van der Waals surface area contributed by atoms with Gasteiger partial charge in [-0.25, -0.2) is 0 Å². The van der Waals surface area contributed by atoms with Crippen molar-refractivity contribution < 1.29 is 14.6 Å². The van der Waals surface area contributed by atoms with E-state index in [0.717, 1.165) is 11.1 Å². The first kappa shape index (κ1) is 17.2.